The Balaban J connectivity index is 1.71. The van der Waals surface area contributed by atoms with E-state index in [4.69, 9.17) is 21.1 Å². The van der Waals surface area contributed by atoms with E-state index in [-0.39, 0.29) is 25.7 Å². The summed E-state index contributed by atoms with van der Waals surface area (Å²) in [6.45, 7) is 4.03. The van der Waals surface area contributed by atoms with Crippen molar-refractivity contribution in [3.8, 4) is 0 Å². The van der Waals surface area contributed by atoms with E-state index in [1.807, 2.05) is 6.92 Å². The molecular weight excluding hydrogens is 436 g/mol. The molecule has 2 unspecified atom stereocenters. The summed E-state index contributed by atoms with van der Waals surface area (Å²) in [4.78, 5) is 41.6. The number of carbonyl (C=O) groups is 3. The van der Waals surface area contributed by atoms with Gasteiger partial charge in [-0.1, -0.05) is 23.7 Å². The van der Waals surface area contributed by atoms with Crippen LogP contribution < -0.4 is 5.32 Å². The number of ether oxygens (including phenoxy) is 2. The first-order chi connectivity index (χ1) is 15.3. The smallest absolute Gasteiger partial charge is 0.312 e. The van der Waals surface area contributed by atoms with Crippen LogP contribution in [0.3, 0.4) is 0 Å². The molecule has 5 atom stereocenters. The number of para-hydroxylation sites is 1. The summed E-state index contributed by atoms with van der Waals surface area (Å²) in [7, 11) is 0. The molecule has 174 valence electrons. The van der Waals surface area contributed by atoms with Crippen LogP contribution in [0.4, 0.5) is 5.69 Å². The number of hydrogen-bond donors (Lipinski definition) is 2. The fraction of sp³-hybridized carbons (Fsp3) is 0.609. The Bertz CT molecular complexity index is 926. The molecule has 0 aromatic heterocycles. The monoisotopic (exact) mass is 464 g/mol. The van der Waals surface area contributed by atoms with Gasteiger partial charge in [0.2, 0.25) is 11.8 Å². The third-order valence-corrected chi connectivity index (χ3v) is 7.33. The lowest BCUT2D eigenvalue weighted by Crippen LogP contribution is -2.53. The first-order valence-electron chi connectivity index (χ1n) is 11.1. The molecule has 1 spiro atoms. The fourth-order valence-corrected chi connectivity index (χ4v) is 5.90. The average molecular weight is 465 g/mol. The van der Waals surface area contributed by atoms with E-state index in [0.29, 0.717) is 36.4 Å². The third kappa shape index (κ3) is 3.49. The quantitative estimate of drug-likeness (QED) is 0.452. The van der Waals surface area contributed by atoms with Gasteiger partial charge in [-0.25, -0.2) is 0 Å². The first kappa shape index (κ1) is 23.0. The van der Waals surface area contributed by atoms with Crippen LogP contribution in [-0.2, 0) is 23.9 Å². The number of likely N-dealkylation sites (tertiary alicyclic amines) is 1. The molecule has 2 amide bonds. The number of aliphatic hydroxyl groups is 1. The lowest BCUT2D eigenvalue weighted by atomic mass is 9.66. The molecule has 1 aromatic carbocycles. The molecule has 3 saturated heterocycles. The Morgan fingerprint density at radius 1 is 1.31 bits per heavy atom. The maximum Gasteiger partial charge on any atom is 0.312 e. The summed E-state index contributed by atoms with van der Waals surface area (Å²) in [5.74, 6) is -2.67. The number of fused-ring (bicyclic) bond motifs is 1. The summed E-state index contributed by atoms with van der Waals surface area (Å²) >= 11 is 6.24. The van der Waals surface area contributed by atoms with Crippen LogP contribution >= 0.6 is 11.6 Å². The van der Waals surface area contributed by atoms with E-state index in [2.05, 4.69) is 5.32 Å². The second-order valence-electron chi connectivity index (χ2n) is 8.91. The van der Waals surface area contributed by atoms with Gasteiger partial charge in [-0.2, -0.15) is 0 Å². The van der Waals surface area contributed by atoms with E-state index in [0.717, 1.165) is 0 Å². The van der Waals surface area contributed by atoms with Crippen molar-refractivity contribution in [1.29, 1.82) is 0 Å². The first-order valence-corrected chi connectivity index (χ1v) is 11.5. The molecule has 2 bridgehead atoms. The van der Waals surface area contributed by atoms with Crippen molar-refractivity contribution in [2.75, 3.05) is 25.1 Å². The van der Waals surface area contributed by atoms with Crippen LogP contribution in [0.1, 0.15) is 39.5 Å². The number of carbonyl (C=O) groups excluding carboxylic acids is 3. The van der Waals surface area contributed by atoms with Crippen LogP contribution in [-0.4, -0.2) is 64.8 Å². The summed E-state index contributed by atoms with van der Waals surface area (Å²) in [5, 5.41) is 12.4. The van der Waals surface area contributed by atoms with Crippen molar-refractivity contribution in [2.45, 2.75) is 56.8 Å². The van der Waals surface area contributed by atoms with Crippen molar-refractivity contribution in [3.63, 3.8) is 0 Å². The Morgan fingerprint density at radius 2 is 2.06 bits per heavy atom. The number of hydrogen-bond acceptors (Lipinski definition) is 6. The molecule has 9 heteroatoms. The fourth-order valence-electron chi connectivity index (χ4n) is 5.71. The molecule has 0 saturated carbocycles. The Morgan fingerprint density at radius 3 is 2.75 bits per heavy atom. The molecule has 1 aromatic rings. The van der Waals surface area contributed by atoms with Gasteiger partial charge < -0.3 is 24.8 Å². The number of benzene rings is 1. The molecule has 3 heterocycles. The van der Waals surface area contributed by atoms with E-state index in [1.54, 1.807) is 31.2 Å². The number of nitrogens with one attached hydrogen (secondary N) is 1. The second-order valence-corrected chi connectivity index (χ2v) is 9.32. The minimum Gasteiger partial charge on any atom is -0.466 e. The van der Waals surface area contributed by atoms with Crippen LogP contribution in [0, 0.1) is 11.8 Å². The average Bonchev–Trinajstić information content (AvgIpc) is 3.31. The Kier molecular flexibility index (Phi) is 6.22. The molecule has 32 heavy (non-hydrogen) atoms. The van der Waals surface area contributed by atoms with Crippen LogP contribution in [0.25, 0.3) is 0 Å². The maximum absolute atomic E-state index is 13.6. The Hall–Kier alpha value is -2.16. The molecule has 4 rings (SSSR count). The van der Waals surface area contributed by atoms with Gasteiger partial charge in [-0.05, 0) is 51.7 Å². The third-order valence-electron chi connectivity index (χ3n) is 7.00. The van der Waals surface area contributed by atoms with Crippen molar-refractivity contribution in [2.24, 2.45) is 11.8 Å². The highest BCUT2D eigenvalue weighted by atomic mass is 35.5. The van der Waals surface area contributed by atoms with Gasteiger partial charge in [0.05, 0.1) is 28.8 Å². The predicted octanol–water partition coefficient (Wildman–Crippen LogP) is 2.38. The molecular formula is C23H29ClN2O6. The van der Waals surface area contributed by atoms with E-state index < -0.39 is 41.0 Å². The van der Waals surface area contributed by atoms with Gasteiger partial charge in [0.1, 0.15) is 17.6 Å². The number of nitrogens with zero attached hydrogens (tertiary/aromatic N) is 1. The molecule has 0 aliphatic carbocycles. The number of esters is 1. The zero-order valence-electron chi connectivity index (χ0n) is 18.3. The summed E-state index contributed by atoms with van der Waals surface area (Å²) < 4.78 is 11.8. The number of aliphatic hydroxyl groups excluding tert-OH is 1. The number of halogens is 1. The lowest BCUT2D eigenvalue weighted by molar-refractivity contribution is -0.158. The standard InChI is InChI=1S/C23H29ClN2O6/c1-3-31-21(30)17-16-20(29)26(12-6-7-13-27)18(23(16)11-10-22(17,2)32-23)19(28)25-15-9-5-4-8-14(15)24/h4-5,8-9,16-18,27H,3,6-7,10-13H2,1-2H3,(H,25,28)/t16-,17+,18?,22-,23?/m0/s1. The molecule has 3 aliphatic rings. The summed E-state index contributed by atoms with van der Waals surface area (Å²) in [6.07, 6.45) is 2.08. The van der Waals surface area contributed by atoms with Crippen molar-refractivity contribution in [3.05, 3.63) is 29.3 Å². The largest absolute Gasteiger partial charge is 0.466 e. The van der Waals surface area contributed by atoms with E-state index >= 15 is 0 Å². The predicted molar refractivity (Wildman–Crippen MR) is 117 cm³/mol. The zero-order chi connectivity index (χ0) is 23.1. The van der Waals surface area contributed by atoms with Gasteiger partial charge in [0, 0.05) is 13.2 Å². The highest BCUT2D eigenvalue weighted by molar-refractivity contribution is 6.33. The highest BCUT2D eigenvalue weighted by Crippen LogP contribution is 2.63. The van der Waals surface area contributed by atoms with Crippen molar-refractivity contribution >= 4 is 35.1 Å². The summed E-state index contributed by atoms with van der Waals surface area (Å²) in [5.41, 5.74) is -1.51. The molecule has 0 radical (unpaired) electrons. The van der Waals surface area contributed by atoms with Gasteiger partial charge in [0.15, 0.2) is 0 Å². The normalized spacial score (nSPS) is 32.8. The SMILES string of the molecule is CCOC(=O)[C@H]1[C@H]2C(=O)N(CCCCO)C(C(=O)Nc3ccccc3Cl)C23CC[C@]1(C)O3. The van der Waals surface area contributed by atoms with Gasteiger partial charge in [0.25, 0.3) is 0 Å². The minimum absolute atomic E-state index is 0.00684. The van der Waals surface area contributed by atoms with E-state index in [9.17, 15) is 19.5 Å². The van der Waals surface area contributed by atoms with Crippen molar-refractivity contribution in [1.82, 2.24) is 4.90 Å². The number of unbranched alkanes of at least 4 members (excludes halogenated alkanes) is 1. The topological polar surface area (TPSA) is 105 Å². The lowest BCUT2D eigenvalue weighted by Gasteiger charge is -2.33. The van der Waals surface area contributed by atoms with Gasteiger partial charge in [-0.15, -0.1) is 0 Å². The van der Waals surface area contributed by atoms with Gasteiger partial charge >= 0.3 is 5.97 Å². The van der Waals surface area contributed by atoms with E-state index in [1.165, 1.54) is 4.90 Å². The van der Waals surface area contributed by atoms with Gasteiger partial charge in [-0.3, -0.25) is 14.4 Å². The number of anilines is 1. The minimum atomic E-state index is -1.10. The molecule has 2 N–H and O–H groups in total. The Labute approximate surface area is 192 Å². The highest BCUT2D eigenvalue weighted by Gasteiger charge is 2.78. The summed E-state index contributed by atoms with van der Waals surface area (Å²) in [6, 6.07) is 5.98. The molecule has 8 nitrogen and oxygen atoms in total. The number of amides is 2. The van der Waals surface area contributed by atoms with Crippen LogP contribution in [0.2, 0.25) is 5.02 Å². The second kappa shape index (κ2) is 8.65. The van der Waals surface area contributed by atoms with Crippen LogP contribution in [0.15, 0.2) is 24.3 Å². The zero-order valence-corrected chi connectivity index (χ0v) is 19.1. The van der Waals surface area contributed by atoms with Crippen LogP contribution in [0.5, 0.6) is 0 Å². The van der Waals surface area contributed by atoms with Crippen molar-refractivity contribution < 1.29 is 29.0 Å². The number of rotatable bonds is 8. The molecule has 3 fully saturated rings. The maximum atomic E-state index is 13.6. The molecule has 3 aliphatic heterocycles.